The first kappa shape index (κ1) is 12.3. The van der Waals surface area contributed by atoms with E-state index in [0.717, 1.165) is 22.5 Å². The van der Waals surface area contributed by atoms with Crippen molar-refractivity contribution in [2.24, 2.45) is 0 Å². The zero-order valence-electron chi connectivity index (χ0n) is 10.6. The van der Waals surface area contributed by atoms with Crippen LogP contribution in [0.5, 0.6) is 0 Å². The summed E-state index contributed by atoms with van der Waals surface area (Å²) in [6.07, 6.45) is 4.99. The largest absolute Gasteiger partial charge is 0.355 e. The summed E-state index contributed by atoms with van der Waals surface area (Å²) in [5, 5.41) is 3.29. The van der Waals surface area contributed by atoms with E-state index in [9.17, 15) is 4.39 Å². The molecule has 0 aliphatic heterocycles. The molecule has 0 unspecified atom stereocenters. The van der Waals surface area contributed by atoms with Crippen LogP contribution in [0.4, 0.5) is 15.8 Å². The number of pyridine rings is 2. The molecule has 0 fully saturated rings. The average molecular weight is 265 g/mol. The average Bonchev–Trinajstić information content (AvgIpc) is 2.49. The van der Waals surface area contributed by atoms with E-state index in [1.807, 2.05) is 36.4 Å². The molecule has 0 spiro atoms. The van der Waals surface area contributed by atoms with Gasteiger partial charge < -0.3 is 5.32 Å². The SMILES string of the molecule is Fc1ccc(-c2cccc(Nc3ccncc3)c2)cn1. The van der Waals surface area contributed by atoms with Crippen molar-refractivity contribution in [1.82, 2.24) is 9.97 Å². The third kappa shape index (κ3) is 2.80. The van der Waals surface area contributed by atoms with Crippen molar-refractivity contribution < 1.29 is 4.39 Å². The maximum absolute atomic E-state index is 12.8. The molecule has 3 rings (SSSR count). The Morgan fingerprint density at radius 3 is 2.45 bits per heavy atom. The number of halogens is 1. The van der Waals surface area contributed by atoms with Gasteiger partial charge in [-0.3, -0.25) is 4.98 Å². The second-order valence-electron chi connectivity index (χ2n) is 4.31. The van der Waals surface area contributed by atoms with Crippen LogP contribution in [-0.2, 0) is 0 Å². The molecule has 0 amide bonds. The van der Waals surface area contributed by atoms with Gasteiger partial charge in [-0.05, 0) is 42.0 Å². The summed E-state index contributed by atoms with van der Waals surface area (Å²) in [5.41, 5.74) is 3.79. The highest BCUT2D eigenvalue weighted by atomic mass is 19.1. The minimum absolute atomic E-state index is 0.472. The van der Waals surface area contributed by atoms with Crippen LogP contribution in [-0.4, -0.2) is 9.97 Å². The van der Waals surface area contributed by atoms with E-state index in [2.05, 4.69) is 15.3 Å². The molecule has 3 nitrogen and oxygen atoms in total. The minimum Gasteiger partial charge on any atom is -0.355 e. The van der Waals surface area contributed by atoms with E-state index in [4.69, 9.17) is 0 Å². The van der Waals surface area contributed by atoms with Crippen LogP contribution >= 0.6 is 0 Å². The van der Waals surface area contributed by atoms with Crippen LogP contribution in [0, 0.1) is 5.95 Å². The van der Waals surface area contributed by atoms with Gasteiger partial charge in [0.1, 0.15) is 0 Å². The Bertz CT molecular complexity index is 696. The maximum Gasteiger partial charge on any atom is 0.212 e. The molecule has 0 bridgehead atoms. The standard InChI is InChI=1S/C16H12FN3/c17-16-5-4-13(11-19-16)12-2-1-3-15(10-12)20-14-6-8-18-9-7-14/h1-11H,(H,18,20). The van der Waals surface area contributed by atoms with Gasteiger partial charge in [-0.1, -0.05) is 12.1 Å². The van der Waals surface area contributed by atoms with Gasteiger partial charge in [-0.15, -0.1) is 0 Å². The summed E-state index contributed by atoms with van der Waals surface area (Å²) >= 11 is 0. The van der Waals surface area contributed by atoms with Crippen LogP contribution < -0.4 is 5.32 Å². The monoisotopic (exact) mass is 265 g/mol. The minimum atomic E-state index is -0.472. The summed E-state index contributed by atoms with van der Waals surface area (Å²) < 4.78 is 12.8. The molecule has 0 aliphatic carbocycles. The lowest BCUT2D eigenvalue weighted by Crippen LogP contribution is -1.91. The number of hydrogen-bond donors (Lipinski definition) is 1. The van der Waals surface area contributed by atoms with Crippen molar-refractivity contribution in [2.75, 3.05) is 5.32 Å². The van der Waals surface area contributed by atoms with E-state index < -0.39 is 5.95 Å². The van der Waals surface area contributed by atoms with Crippen LogP contribution in [0.15, 0.2) is 67.1 Å². The molecule has 1 aromatic carbocycles. The fourth-order valence-corrected chi connectivity index (χ4v) is 1.93. The van der Waals surface area contributed by atoms with Gasteiger partial charge in [0.25, 0.3) is 0 Å². The lowest BCUT2D eigenvalue weighted by atomic mass is 10.1. The second kappa shape index (κ2) is 5.48. The molecular formula is C16H12FN3. The third-order valence-corrected chi connectivity index (χ3v) is 2.89. The Balaban J connectivity index is 1.88. The Morgan fingerprint density at radius 2 is 1.70 bits per heavy atom. The maximum atomic E-state index is 12.8. The van der Waals surface area contributed by atoms with Gasteiger partial charge in [-0.25, -0.2) is 4.98 Å². The second-order valence-corrected chi connectivity index (χ2v) is 4.31. The van der Waals surface area contributed by atoms with Crippen molar-refractivity contribution in [1.29, 1.82) is 0 Å². The molecular weight excluding hydrogens is 253 g/mol. The van der Waals surface area contributed by atoms with E-state index >= 15 is 0 Å². The Hall–Kier alpha value is -2.75. The van der Waals surface area contributed by atoms with Gasteiger partial charge in [0, 0.05) is 35.5 Å². The molecule has 4 heteroatoms. The van der Waals surface area contributed by atoms with Crippen molar-refractivity contribution in [2.45, 2.75) is 0 Å². The molecule has 0 aliphatic rings. The molecule has 2 aromatic heterocycles. The van der Waals surface area contributed by atoms with Crippen LogP contribution in [0.2, 0.25) is 0 Å². The smallest absolute Gasteiger partial charge is 0.212 e. The Kier molecular flexibility index (Phi) is 3.37. The molecule has 3 aromatic rings. The molecule has 2 heterocycles. The van der Waals surface area contributed by atoms with Crippen molar-refractivity contribution in [3.05, 3.63) is 73.1 Å². The molecule has 0 saturated heterocycles. The first-order chi connectivity index (χ1) is 9.81. The summed E-state index contributed by atoms with van der Waals surface area (Å²) in [7, 11) is 0. The number of aromatic nitrogens is 2. The number of rotatable bonds is 3. The summed E-state index contributed by atoms with van der Waals surface area (Å²) in [4.78, 5) is 7.65. The predicted octanol–water partition coefficient (Wildman–Crippen LogP) is 4.03. The van der Waals surface area contributed by atoms with Crippen molar-refractivity contribution in [3.8, 4) is 11.1 Å². The summed E-state index contributed by atoms with van der Waals surface area (Å²) in [6, 6.07) is 14.7. The summed E-state index contributed by atoms with van der Waals surface area (Å²) in [5.74, 6) is -0.472. The highest BCUT2D eigenvalue weighted by molar-refractivity contribution is 5.70. The fourth-order valence-electron chi connectivity index (χ4n) is 1.93. The van der Waals surface area contributed by atoms with Gasteiger partial charge >= 0.3 is 0 Å². The van der Waals surface area contributed by atoms with Gasteiger partial charge in [0.15, 0.2) is 0 Å². The zero-order chi connectivity index (χ0) is 13.8. The van der Waals surface area contributed by atoms with E-state index in [1.165, 1.54) is 12.3 Å². The summed E-state index contributed by atoms with van der Waals surface area (Å²) in [6.45, 7) is 0. The number of anilines is 2. The molecule has 20 heavy (non-hydrogen) atoms. The highest BCUT2D eigenvalue weighted by Crippen LogP contribution is 2.24. The number of benzene rings is 1. The van der Waals surface area contributed by atoms with Gasteiger partial charge in [-0.2, -0.15) is 4.39 Å². The van der Waals surface area contributed by atoms with Gasteiger partial charge in [0.2, 0.25) is 5.95 Å². The number of nitrogens with one attached hydrogen (secondary N) is 1. The van der Waals surface area contributed by atoms with E-state index in [1.54, 1.807) is 18.5 Å². The Labute approximate surface area is 116 Å². The van der Waals surface area contributed by atoms with E-state index in [-0.39, 0.29) is 0 Å². The molecule has 0 saturated carbocycles. The zero-order valence-corrected chi connectivity index (χ0v) is 10.6. The number of nitrogens with zero attached hydrogens (tertiary/aromatic N) is 2. The molecule has 1 N–H and O–H groups in total. The highest BCUT2D eigenvalue weighted by Gasteiger charge is 2.01. The molecule has 98 valence electrons. The van der Waals surface area contributed by atoms with Crippen LogP contribution in [0.3, 0.4) is 0 Å². The van der Waals surface area contributed by atoms with Crippen LogP contribution in [0.1, 0.15) is 0 Å². The third-order valence-electron chi connectivity index (χ3n) is 2.89. The van der Waals surface area contributed by atoms with Crippen LogP contribution in [0.25, 0.3) is 11.1 Å². The number of hydrogen-bond acceptors (Lipinski definition) is 3. The normalized spacial score (nSPS) is 10.2. The Morgan fingerprint density at radius 1 is 0.850 bits per heavy atom. The first-order valence-electron chi connectivity index (χ1n) is 6.20. The molecule has 0 atom stereocenters. The lowest BCUT2D eigenvalue weighted by molar-refractivity contribution is 0.584. The first-order valence-corrected chi connectivity index (χ1v) is 6.20. The lowest BCUT2D eigenvalue weighted by Gasteiger charge is -2.08. The fraction of sp³-hybridized carbons (Fsp3) is 0. The molecule has 0 radical (unpaired) electrons. The van der Waals surface area contributed by atoms with Crippen molar-refractivity contribution >= 4 is 11.4 Å². The predicted molar refractivity (Wildman–Crippen MR) is 77.2 cm³/mol. The van der Waals surface area contributed by atoms with Gasteiger partial charge in [0.05, 0.1) is 0 Å². The quantitative estimate of drug-likeness (QED) is 0.727. The topological polar surface area (TPSA) is 37.8 Å². The van der Waals surface area contributed by atoms with Crippen molar-refractivity contribution in [3.63, 3.8) is 0 Å². The van der Waals surface area contributed by atoms with E-state index in [0.29, 0.717) is 0 Å².